The van der Waals surface area contributed by atoms with Crippen LogP contribution in [0.2, 0.25) is 0 Å². The molecule has 0 radical (unpaired) electrons. The summed E-state index contributed by atoms with van der Waals surface area (Å²) in [6, 6.07) is 14.9. The molecule has 2 aromatic rings. The molecule has 23 heavy (non-hydrogen) atoms. The van der Waals surface area contributed by atoms with E-state index in [-0.39, 0.29) is 23.5 Å². The van der Waals surface area contributed by atoms with Gasteiger partial charge in [-0.3, -0.25) is 4.79 Å². The highest BCUT2D eigenvalue weighted by molar-refractivity contribution is 6.10. The molecule has 0 bridgehead atoms. The molecule has 0 fully saturated rings. The normalized spacial score (nSPS) is 13.2. The van der Waals surface area contributed by atoms with E-state index in [2.05, 4.69) is 0 Å². The number of benzene rings is 2. The fourth-order valence-electron chi connectivity index (χ4n) is 2.23. The van der Waals surface area contributed by atoms with Crippen molar-refractivity contribution in [3.8, 4) is 0 Å². The van der Waals surface area contributed by atoms with Gasteiger partial charge in [-0.25, -0.2) is 4.79 Å². The number of carbonyl (C=O) groups excluding carboxylic acids is 2. The molecule has 2 rings (SSSR count). The molecule has 0 heterocycles. The van der Waals surface area contributed by atoms with Gasteiger partial charge in [0.2, 0.25) is 0 Å². The second-order valence-electron chi connectivity index (χ2n) is 4.92. The second-order valence-corrected chi connectivity index (χ2v) is 4.92. The number of hydrogen-bond donors (Lipinski definition) is 2. The Labute approximate surface area is 134 Å². The zero-order valence-electron chi connectivity index (χ0n) is 12.7. The first-order valence-electron chi connectivity index (χ1n) is 7.27. The molecule has 0 aliphatic carbocycles. The van der Waals surface area contributed by atoms with Gasteiger partial charge in [-0.15, -0.1) is 0 Å². The van der Waals surface area contributed by atoms with Crippen molar-refractivity contribution in [3.05, 3.63) is 71.3 Å². The van der Waals surface area contributed by atoms with Gasteiger partial charge in [-0.2, -0.15) is 0 Å². The van der Waals surface area contributed by atoms with E-state index in [1.54, 1.807) is 55.5 Å². The zero-order chi connectivity index (χ0) is 16.8. The lowest BCUT2D eigenvalue weighted by Crippen LogP contribution is -2.30. The molecule has 2 atom stereocenters. The quantitative estimate of drug-likeness (QED) is 0.628. The fraction of sp³-hybridized carbons (Fsp3) is 0.222. The molecule has 5 nitrogen and oxygen atoms in total. The second kappa shape index (κ2) is 7.67. The maximum atomic E-state index is 12.6. The van der Waals surface area contributed by atoms with Crippen LogP contribution in [0.5, 0.6) is 0 Å². The smallest absolute Gasteiger partial charge is 0.338 e. The largest absolute Gasteiger partial charge is 0.464 e. The van der Waals surface area contributed by atoms with E-state index in [0.717, 1.165) is 0 Å². The van der Waals surface area contributed by atoms with Crippen LogP contribution in [-0.2, 0) is 9.53 Å². The van der Waals surface area contributed by atoms with Crippen LogP contribution in [0.25, 0.3) is 0 Å². The minimum atomic E-state index is -1.75. The molecular weight excluding hydrogens is 296 g/mol. The molecule has 2 unspecified atom stereocenters. The number of ether oxygens (including phenoxy) is 1. The van der Waals surface area contributed by atoms with E-state index in [1.807, 2.05) is 0 Å². The SMILES string of the molecule is CCOC(=O)C(O)C(O)c1ccccc1C(=O)c1ccccc1. The first-order chi connectivity index (χ1) is 11.1. The highest BCUT2D eigenvalue weighted by atomic mass is 16.5. The van der Waals surface area contributed by atoms with Crippen molar-refractivity contribution in [1.82, 2.24) is 0 Å². The van der Waals surface area contributed by atoms with Gasteiger partial charge < -0.3 is 14.9 Å². The first-order valence-corrected chi connectivity index (χ1v) is 7.27. The van der Waals surface area contributed by atoms with Crippen LogP contribution in [-0.4, -0.2) is 34.7 Å². The summed E-state index contributed by atoms with van der Waals surface area (Å²) in [5.74, 6) is -1.22. The standard InChI is InChI=1S/C18H18O5/c1-2-23-18(22)17(21)16(20)14-11-7-6-10-13(14)15(19)12-8-4-3-5-9-12/h3-11,16-17,20-21H,2H2,1H3. The third kappa shape index (κ3) is 3.83. The number of rotatable bonds is 6. The van der Waals surface area contributed by atoms with E-state index in [4.69, 9.17) is 4.74 Å². The van der Waals surface area contributed by atoms with Gasteiger partial charge in [-0.1, -0.05) is 54.6 Å². The van der Waals surface area contributed by atoms with E-state index < -0.39 is 18.2 Å². The summed E-state index contributed by atoms with van der Waals surface area (Å²) in [5, 5.41) is 20.2. The third-order valence-corrected chi connectivity index (χ3v) is 3.39. The van der Waals surface area contributed by atoms with E-state index in [9.17, 15) is 19.8 Å². The molecule has 5 heteroatoms. The number of carbonyl (C=O) groups is 2. The summed E-state index contributed by atoms with van der Waals surface area (Å²) < 4.78 is 4.70. The van der Waals surface area contributed by atoms with Crippen molar-refractivity contribution in [2.75, 3.05) is 6.61 Å². The van der Waals surface area contributed by atoms with Crippen LogP contribution < -0.4 is 0 Å². The van der Waals surface area contributed by atoms with Crippen LogP contribution >= 0.6 is 0 Å². The minimum absolute atomic E-state index is 0.0905. The molecule has 0 saturated carbocycles. The summed E-state index contributed by atoms with van der Waals surface area (Å²) >= 11 is 0. The monoisotopic (exact) mass is 314 g/mol. The van der Waals surface area contributed by atoms with Crippen molar-refractivity contribution < 1.29 is 24.5 Å². The van der Waals surface area contributed by atoms with Crippen molar-refractivity contribution in [1.29, 1.82) is 0 Å². The van der Waals surface area contributed by atoms with Gasteiger partial charge in [0.05, 0.1) is 6.61 Å². The Morgan fingerprint density at radius 1 is 1.00 bits per heavy atom. The fourth-order valence-corrected chi connectivity index (χ4v) is 2.23. The highest BCUT2D eigenvalue weighted by Gasteiger charge is 2.29. The lowest BCUT2D eigenvalue weighted by Gasteiger charge is -2.19. The summed E-state index contributed by atoms with van der Waals surface area (Å²) in [4.78, 5) is 24.2. The predicted octanol–water partition coefficient (Wildman–Crippen LogP) is 1.88. The Kier molecular flexibility index (Phi) is 5.62. The molecule has 0 aliphatic heterocycles. The predicted molar refractivity (Wildman–Crippen MR) is 83.9 cm³/mol. The Morgan fingerprint density at radius 2 is 1.61 bits per heavy atom. The topological polar surface area (TPSA) is 83.8 Å². The summed E-state index contributed by atoms with van der Waals surface area (Å²) in [7, 11) is 0. The van der Waals surface area contributed by atoms with E-state index >= 15 is 0 Å². The average molecular weight is 314 g/mol. The molecule has 2 N–H and O–H groups in total. The van der Waals surface area contributed by atoms with E-state index in [1.165, 1.54) is 6.07 Å². The van der Waals surface area contributed by atoms with Gasteiger partial charge in [0.15, 0.2) is 11.9 Å². The molecule has 0 aromatic heterocycles. The zero-order valence-corrected chi connectivity index (χ0v) is 12.7. The Bertz CT molecular complexity index is 681. The number of esters is 1. The Balaban J connectivity index is 2.34. The van der Waals surface area contributed by atoms with Gasteiger partial charge in [0.25, 0.3) is 0 Å². The Hall–Kier alpha value is -2.50. The molecule has 2 aromatic carbocycles. The molecule has 0 spiro atoms. The molecule has 0 aliphatic rings. The van der Waals surface area contributed by atoms with Gasteiger partial charge in [0.1, 0.15) is 6.10 Å². The molecule has 120 valence electrons. The van der Waals surface area contributed by atoms with Crippen molar-refractivity contribution in [3.63, 3.8) is 0 Å². The average Bonchev–Trinajstić information content (AvgIpc) is 2.60. The summed E-state index contributed by atoms with van der Waals surface area (Å²) in [6.07, 6.45) is -3.29. The maximum Gasteiger partial charge on any atom is 0.338 e. The van der Waals surface area contributed by atoms with Crippen molar-refractivity contribution in [2.45, 2.75) is 19.1 Å². The number of aliphatic hydroxyl groups is 2. The summed E-state index contributed by atoms with van der Waals surface area (Å²) in [6.45, 7) is 1.69. The van der Waals surface area contributed by atoms with Crippen LogP contribution in [0.15, 0.2) is 54.6 Å². The minimum Gasteiger partial charge on any atom is -0.464 e. The first kappa shape index (κ1) is 16.9. The van der Waals surface area contributed by atoms with Crippen LogP contribution in [0.1, 0.15) is 34.5 Å². The molecular formula is C18H18O5. The van der Waals surface area contributed by atoms with Crippen molar-refractivity contribution >= 4 is 11.8 Å². The van der Waals surface area contributed by atoms with Gasteiger partial charge >= 0.3 is 5.97 Å². The third-order valence-electron chi connectivity index (χ3n) is 3.39. The number of aliphatic hydroxyl groups excluding tert-OH is 2. The number of hydrogen-bond acceptors (Lipinski definition) is 5. The lowest BCUT2D eigenvalue weighted by molar-refractivity contribution is -0.159. The van der Waals surface area contributed by atoms with Crippen LogP contribution in [0, 0.1) is 0 Å². The van der Waals surface area contributed by atoms with Crippen LogP contribution in [0.4, 0.5) is 0 Å². The molecule has 0 amide bonds. The summed E-state index contributed by atoms with van der Waals surface area (Å²) in [5.41, 5.74) is 0.870. The van der Waals surface area contributed by atoms with Crippen LogP contribution in [0.3, 0.4) is 0 Å². The van der Waals surface area contributed by atoms with E-state index in [0.29, 0.717) is 5.56 Å². The van der Waals surface area contributed by atoms with Crippen molar-refractivity contribution in [2.24, 2.45) is 0 Å². The van der Waals surface area contributed by atoms with Gasteiger partial charge in [-0.05, 0) is 12.5 Å². The number of ketones is 1. The lowest BCUT2D eigenvalue weighted by atomic mass is 9.93. The maximum absolute atomic E-state index is 12.6. The Morgan fingerprint density at radius 3 is 2.26 bits per heavy atom. The highest BCUT2D eigenvalue weighted by Crippen LogP contribution is 2.24. The molecule has 0 saturated heterocycles. The van der Waals surface area contributed by atoms with Gasteiger partial charge in [0, 0.05) is 11.1 Å².